The van der Waals surface area contributed by atoms with Gasteiger partial charge in [-0.1, -0.05) is 15.9 Å². The smallest absolute Gasteiger partial charge is 0.135 e. The van der Waals surface area contributed by atoms with Crippen LogP contribution in [0.1, 0.15) is 19.4 Å². The lowest BCUT2D eigenvalue weighted by Crippen LogP contribution is -2.30. The standard InChI is InChI=1S/C12H13BrO2/c1-12(2)11(13)6-8-4-5-9(14-3)7-10(8)15-12/h4-7H,1-3H3. The van der Waals surface area contributed by atoms with E-state index >= 15 is 0 Å². The molecule has 2 nitrogen and oxygen atoms in total. The third-order valence-corrected chi connectivity index (χ3v) is 3.63. The van der Waals surface area contributed by atoms with Crippen LogP contribution in [0.5, 0.6) is 11.5 Å². The number of methoxy groups -OCH3 is 1. The Kier molecular flexibility index (Phi) is 2.51. The second-order valence-electron chi connectivity index (χ2n) is 4.01. The minimum Gasteiger partial charge on any atom is -0.497 e. The van der Waals surface area contributed by atoms with Crippen LogP contribution in [0.4, 0.5) is 0 Å². The molecule has 0 saturated carbocycles. The average molecular weight is 269 g/mol. The molecule has 0 fully saturated rings. The van der Waals surface area contributed by atoms with Crippen LogP contribution >= 0.6 is 15.9 Å². The molecule has 1 heterocycles. The van der Waals surface area contributed by atoms with Crippen molar-refractivity contribution in [2.45, 2.75) is 19.4 Å². The number of fused-ring (bicyclic) bond motifs is 1. The molecule has 0 radical (unpaired) electrons. The number of hydrogen-bond acceptors (Lipinski definition) is 2. The van der Waals surface area contributed by atoms with Gasteiger partial charge in [0.05, 0.1) is 7.11 Å². The van der Waals surface area contributed by atoms with Crippen molar-refractivity contribution in [3.05, 3.63) is 28.2 Å². The Labute approximate surface area is 98.0 Å². The van der Waals surface area contributed by atoms with Gasteiger partial charge in [0, 0.05) is 16.1 Å². The van der Waals surface area contributed by atoms with Crippen LogP contribution in [-0.4, -0.2) is 12.7 Å². The molecule has 0 saturated heterocycles. The van der Waals surface area contributed by atoms with Gasteiger partial charge in [-0.25, -0.2) is 0 Å². The molecule has 0 atom stereocenters. The molecule has 3 heteroatoms. The van der Waals surface area contributed by atoms with E-state index in [1.165, 1.54) is 0 Å². The predicted octanol–water partition coefficient (Wildman–Crippen LogP) is 3.60. The fraction of sp³-hybridized carbons (Fsp3) is 0.333. The van der Waals surface area contributed by atoms with Gasteiger partial charge in [-0.15, -0.1) is 0 Å². The van der Waals surface area contributed by atoms with Crippen molar-refractivity contribution in [1.82, 2.24) is 0 Å². The second kappa shape index (κ2) is 3.56. The molecule has 1 aromatic carbocycles. The summed E-state index contributed by atoms with van der Waals surface area (Å²) in [7, 11) is 1.65. The van der Waals surface area contributed by atoms with E-state index in [2.05, 4.69) is 22.0 Å². The van der Waals surface area contributed by atoms with Gasteiger partial charge in [-0.2, -0.15) is 0 Å². The Hall–Kier alpha value is -0.960. The molecule has 1 aliphatic heterocycles. The maximum absolute atomic E-state index is 5.88. The van der Waals surface area contributed by atoms with Crippen molar-refractivity contribution in [2.24, 2.45) is 0 Å². The molecule has 15 heavy (non-hydrogen) atoms. The zero-order valence-electron chi connectivity index (χ0n) is 9.00. The van der Waals surface area contributed by atoms with Crippen molar-refractivity contribution in [3.63, 3.8) is 0 Å². The van der Waals surface area contributed by atoms with E-state index < -0.39 is 0 Å². The number of rotatable bonds is 1. The molecule has 80 valence electrons. The van der Waals surface area contributed by atoms with Gasteiger partial charge < -0.3 is 9.47 Å². The van der Waals surface area contributed by atoms with Crippen molar-refractivity contribution < 1.29 is 9.47 Å². The van der Waals surface area contributed by atoms with Crippen LogP contribution in [0.25, 0.3) is 6.08 Å². The molecular weight excluding hydrogens is 256 g/mol. The second-order valence-corrected chi connectivity index (χ2v) is 4.86. The largest absolute Gasteiger partial charge is 0.497 e. The first-order chi connectivity index (χ1) is 7.03. The number of benzene rings is 1. The number of hydrogen-bond donors (Lipinski definition) is 0. The molecular formula is C12H13BrO2. The minimum atomic E-state index is -0.306. The van der Waals surface area contributed by atoms with Gasteiger partial charge in [0.25, 0.3) is 0 Å². The van der Waals surface area contributed by atoms with Crippen LogP contribution in [0.2, 0.25) is 0 Å². The fourth-order valence-corrected chi connectivity index (χ4v) is 1.81. The van der Waals surface area contributed by atoms with Crippen molar-refractivity contribution in [1.29, 1.82) is 0 Å². The van der Waals surface area contributed by atoms with Crippen LogP contribution in [0, 0.1) is 0 Å². The fourth-order valence-electron chi connectivity index (χ4n) is 1.48. The van der Waals surface area contributed by atoms with Gasteiger partial charge in [-0.3, -0.25) is 0 Å². The molecule has 0 spiro atoms. The van der Waals surface area contributed by atoms with Gasteiger partial charge in [-0.05, 0) is 32.1 Å². The summed E-state index contributed by atoms with van der Waals surface area (Å²) < 4.78 is 12.1. The molecule has 0 amide bonds. The van der Waals surface area contributed by atoms with E-state index in [-0.39, 0.29) is 5.60 Å². The zero-order valence-corrected chi connectivity index (χ0v) is 10.6. The van der Waals surface area contributed by atoms with Gasteiger partial charge in [0.1, 0.15) is 17.1 Å². The van der Waals surface area contributed by atoms with Crippen LogP contribution in [0.15, 0.2) is 22.7 Å². The van der Waals surface area contributed by atoms with Crippen LogP contribution < -0.4 is 9.47 Å². The van der Waals surface area contributed by atoms with E-state index in [4.69, 9.17) is 9.47 Å². The highest BCUT2D eigenvalue weighted by atomic mass is 79.9. The van der Waals surface area contributed by atoms with Gasteiger partial charge in [0.2, 0.25) is 0 Å². The highest BCUT2D eigenvalue weighted by Gasteiger charge is 2.28. The monoisotopic (exact) mass is 268 g/mol. The molecule has 2 rings (SSSR count). The maximum Gasteiger partial charge on any atom is 0.135 e. The first kappa shape index (κ1) is 10.6. The molecule has 0 N–H and O–H groups in total. The van der Waals surface area contributed by atoms with E-state index in [0.29, 0.717) is 0 Å². The molecule has 0 bridgehead atoms. The number of ether oxygens (including phenoxy) is 2. The molecule has 0 aromatic heterocycles. The quantitative estimate of drug-likeness (QED) is 0.775. The maximum atomic E-state index is 5.88. The summed E-state index contributed by atoms with van der Waals surface area (Å²) in [6.07, 6.45) is 2.08. The summed E-state index contributed by atoms with van der Waals surface area (Å²) in [5.41, 5.74) is 0.765. The van der Waals surface area contributed by atoms with Crippen LogP contribution in [0.3, 0.4) is 0 Å². The normalized spacial score (nSPS) is 17.5. The molecule has 0 unspecified atom stereocenters. The highest BCUT2D eigenvalue weighted by molar-refractivity contribution is 9.11. The summed E-state index contributed by atoms with van der Waals surface area (Å²) >= 11 is 3.52. The number of halogens is 1. The Morgan fingerprint density at radius 2 is 2.07 bits per heavy atom. The molecule has 0 aliphatic carbocycles. The lowest BCUT2D eigenvalue weighted by molar-refractivity contribution is 0.155. The van der Waals surface area contributed by atoms with Crippen molar-refractivity contribution in [2.75, 3.05) is 7.11 Å². The zero-order chi connectivity index (χ0) is 11.1. The van der Waals surface area contributed by atoms with Crippen LogP contribution in [-0.2, 0) is 0 Å². The minimum absolute atomic E-state index is 0.306. The van der Waals surface area contributed by atoms with Crippen molar-refractivity contribution in [3.8, 4) is 11.5 Å². The first-order valence-corrected chi connectivity index (χ1v) is 5.57. The SMILES string of the molecule is COc1ccc2c(c1)OC(C)(C)C(Br)=C2. The van der Waals surface area contributed by atoms with Gasteiger partial charge >= 0.3 is 0 Å². The van der Waals surface area contributed by atoms with E-state index in [9.17, 15) is 0 Å². The lowest BCUT2D eigenvalue weighted by atomic mass is 10.0. The lowest BCUT2D eigenvalue weighted by Gasteiger charge is -2.31. The Morgan fingerprint density at radius 3 is 2.73 bits per heavy atom. The molecule has 1 aromatic rings. The Bertz CT molecular complexity index is 422. The van der Waals surface area contributed by atoms with Gasteiger partial charge in [0.15, 0.2) is 0 Å². The topological polar surface area (TPSA) is 18.5 Å². The summed E-state index contributed by atoms with van der Waals surface area (Å²) in [5.74, 6) is 1.68. The van der Waals surface area contributed by atoms with E-state index in [1.807, 2.05) is 32.0 Å². The summed E-state index contributed by atoms with van der Waals surface area (Å²) in [5, 5.41) is 0. The van der Waals surface area contributed by atoms with E-state index in [1.54, 1.807) is 7.11 Å². The Morgan fingerprint density at radius 1 is 1.33 bits per heavy atom. The first-order valence-electron chi connectivity index (χ1n) is 4.77. The summed E-state index contributed by atoms with van der Waals surface area (Å²) in [4.78, 5) is 0. The summed E-state index contributed by atoms with van der Waals surface area (Å²) in [6.45, 7) is 4.05. The Balaban J connectivity index is 2.48. The average Bonchev–Trinajstić information content (AvgIpc) is 2.18. The van der Waals surface area contributed by atoms with Crippen molar-refractivity contribution >= 4 is 22.0 Å². The van der Waals surface area contributed by atoms with E-state index in [0.717, 1.165) is 21.5 Å². The third-order valence-electron chi connectivity index (χ3n) is 2.44. The third kappa shape index (κ3) is 1.88. The highest BCUT2D eigenvalue weighted by Crippen LogP contribution is 2.39. The summed E-state index contributed by atoms with van der Waals surface area (Å²) in [6, 6.07) is 5.83. The molecule has 1 aliphatic rings. The predicted molar refractivity (Wildman–Crippen MR) is 64.6 cm³/mol.